The molecule has 1 aromatic heterocycles. The fourth-order valence-electron chi connectivity index (χ4n) is 2.81. The number of aromatic nitrogens is 3. The van der Waals surface area contributed by atoms with Gasteiger partial charge in [0.2, 0.25) is 10.0 Å². The van der Waals surface area contributed by atoms with E-state index in [9.17, 15) is 12.8 Å². The molecule has 0 unspecified atom stereocenters. The Morgan fingerprint density at radius 1 is 1.42 bits per heavy atom. The average molecular weight is 355 g/mol. The van der Waals surface area contributed by atoms with Crippen LogP contribution in [-0.4, -0.2) is 49.7 Å². The number of rotatable bonds is 5. The van der Waals surface area contributed by atoms with Crippen molar-refractivity contribution in [2.24, 2.45) is 0 Å². The molecule has 0 saturated carbocycles. The summed E-state index contributed by atoms with van der Waals surface area (Å²) in [4.78, 5) is -0.106. The van der Waals surface area contributed by atoms with Crippen LogP contribution in [0.25, 0.3) is 0 Å². The van der Waals surface area contributed by atoms with Crippen LogP contribution in [0, 0.1) is 12.7 Å². The van der Waals surface area contributed by atoms with Crippen LogP contribution in [0.5, 0.6) is 5.75 Å². The van der Waals surface area contributed by atoms with Gasteiger partial charge in [-0.2, -0.15) is 0 Å². The monoisotopic (exact) mass is 355 g/mol. The Labute approximate surface area is 139 Å². The maximum atomic E-state index is 14.2. The number of methoxy groups -OCH3 is 1. The van der Waals surface area contributed by atoms with Crippen LogP contribution < -0.4 is 14.8 Å². The lowest BCUT2D eigenvalue weighted by Gasteiger charge is -2.20. The molecule has 1 fully saturated rings. The molecule has 24 heavy (non-hydrogen) atoms. The van der Waals surface area contributed by atoms with Gasteiger partial charge in [-0.3, -0.25) is 0 Å². The first-order chi connectivity index (χ1) is 11.4. The Bertz CT molecular complexity index is 825. The van der Waals surface area contributed by atoms with E-state index in [1.54, 1.807) is 10.9 Å². The van der Waals surface area contributed by atoms with Gasteiger partial charge in [0.05, 0.1) is 30.3 Å². The van der Waals surface area contributed by atoms with E-state index in [1.165, 1.54) is 32.4 Å². The maximum Gasteiger partial charge on any atom is 0.241 e. The lowest BCUT2D eigenvalue weighted by molar-refractivity contribution is 0.383. The van der Waals surface area contributed by atoms with Crippen molar-refractivity contribution in [2.45, 2.75) is 23.9 Å². The second kappa shape index (κ2) is 6.46. The first kappa shape index (κ1) is 16.8. The summed E-state index contributed by atoms with van der Waals surface area (Å²) in [5.74, 6) is -0.674. The highest BCUT2D eigenvalue weighted by molar-refractivity contribution is 7.89. The van der Waals surface area contributed by atoms with Crippen LogP contribution in [0.4, 0.5) is 4.39 Å². The molecule has 2 aromatic rings. The molecule has 2 N–H and O–H groups in total. The fourth-order valence-corrected chi connectivity index (χ4v) is 4.32. The standard InChI is InChI=1S/C14H18FN5O3S/c1-9-13(4-3-12(23-2)14(9)15)24(21,22)18-10-7-16-8-11(10)20-6-5-17-19-20/h3-6,10-11,16,18H,7-8H2,1-2H3/t10-,11+/m1/s1. The van der Waals surface area contributed by atoms with Gasteiger partial charge >= 0.3 is 0 Å². The molecule has 1 aromatic carbocycles. The predicted octanol–water partition coefficient (Wildman–Crippen LogP) is 0.226. The molecule has 130 valence electrons. The summed E-state index contributed by atoms with van der Waals surface area (Å²) in [7, 11) is -2.56. The number of nitrogens with one attached hydrogen (secondary N) is 2. The molecule has 1 aliphatic heterocycles. The Balaban J connectivity index is 1.88. The number of ether oxygens (including phenoxy) is 1. The van der Waals surface area contributed by atoms with Crippen molar-refractivity contribution in [3.8, 4) is 5.75 Å². The van der Waals surface area contributed by atoms with Crippen molar-refractivity contribution < 1.29 is 17.5 Å². The van der Waals surface area contributed by atoms with E-state index in [0.717, 1.165) is 0 Å². The van der Waals surface area contributed by atoms with E-state index in [1.807, 2.05) is 0 Å². The van der Waals surface area contributed by atoms with Gasteiger partial charge in [-0.05, 0) is 19.1 Å². The highest BCUT2D eigenvalue weighted by Crippen LogP contribution is 2.27. The molecule has 0 aliphatic carbocycles. The number of nitrogens with zero attached hydrogens (tertiary/aromatic N) is 3. The summed E-state index contributed by atoms with van der Waals surface area (Å²) in [5, 5.41) is 10.8. The Hall–Kier alpha value is -2.04. The summed E-state index contributed by atoms with van der Waals surface area (Å²) in [6, 6.07) is 2.03. The average Bonchev–Trinajstić information content (AvgIpc) is 3.20. The third kappa shape index (κ3) is 2.99. The number of benzene rings is 1. The number of halogens is 1. The minimum atomic E-state index is -3.89. The van der Waals surface area contributed by atoms with E-state index in [-0.39, 0.29) is 22.3 Å². The van der Waals surface area contributed by atoms with Gasteiger partial charge in [0.15, 0.2) is 11.6 Å². The minimum absolute atomic E-state index is 0.00877. The topological polar surface area (TPSA) is 98.1 Å². The van der Waals surface area contributed by atoms with Gasteiger partial charge < -0.3 is 10.1 Å². The first-order valence-electron chi connectivity index (χ1n) is 7.36. The minimum Gasteiger partial charge on any atom is -0.494 e. The van der Waals surface area contributed by atoms with E-state index >= 15 is 0 Å². The molecule has 1 aliphatic rings. The SMILES string of the molecule is COc1ccc(S(=O)(=O)N[C@@H]2CNC[C@@H]2n2ccnn2)c(C)c1F. The third-order valence-electron chi connectivity index (χ3n) is 4.08. The molecule has 8 nitrogen and oxygen atoms in total. The second-order valence-corrected chi connectivity index (χ2v) is 7.22. The molecule has 3 rings (SSSR count). The second-order valence-electron chi connectivity index (χ2n) is 5.54. The van der Waals surface area contributed by atoms with Gasteiger partial charge in [-0.1, -0.05) is 5.21 Å². The van der Waals surface area contributed by atoms with Crippen molar-refractivity contribution in [3.05, 3.63) is 35.9 Å². The normalized spacial score (nSPS) is 21.1. The van der Waals surface area contributed by atoms with Gasteiger partial charge in [-0.15, -0.1) is 5.10 Å². The van der Waals surface area contributed by atoms with Crippen molar-refractivity contribution in [1.82, 2.24) is 25.0 Å². The number of hydrogen-bond donors (Lipinski definition) is 2. The van der Waals surface area contributed by atoms with Crippen LogP contribution in [-0.2, 0) is 10.0 Å². The van der Waals surface area contributed by atoms with Gasteiger partial charge in [0.25, 0.3) is 0 Å². The van der Waals surface area contributed by atoms with E-state index in [4.69, 9.17) is 4.74 Å². The smallest absolute Gasteiger partial charge is 0.241 e. The van der Waals surface area contributed by atoms with Crippen LogP contribution in [0.3, 0.4) is 0 Å². The lowest BCUT2D eigenvalue weighted by Crippen LogP contribution is -2.41. The zero-order valence-corrected chi connectivity index (χ0v) is 14.0. The van der Waals surface area contributed by atoms with E-state index < -0.39 is 21.9 Å². The van der Waals surface area contributed by atoms with Gasteiger partial charge in [0.1, 0.15) is 0 Å². The quantitative estimate of drug-likeness (QED) is 0.797. The van der Waals surface area contributed by atoms with Gasteiger partial charge in [0, 0.05) is 24.8 Å². The summed E-state index contributed by atoms with van der Waals surface area (Å²) < 4.78 is 48.6. The van der Waals surface area contributed by atoms with Crippen molar-refractivity contribution in [2.75, 3.05) is 20.2 Å². The summed E-state index contributed by atoms with van der Waals surface area (Å²) in [6.07, 6.45) is 3.21. The first-order valence-corrected chi connectivity index (χ1v) is 8.84. The largest absolute Gasteiger partial charge is 0.494 e. The molecular weight excluding hydrogens is 337 g/mol. The molecule has 0 bridgehead atoms. The highest BCUT2D eigenvalue weighted by atomic mass is 32.2. The van der Waals surface area contributed by atoms with Crippen LogP contribution in [0.1, 0.15) is 11.6 Å². The molecule has 0 radical (unpaired) electrons. The van der Waals surface area contributed by atoms with Crippen molar-refractivity contribution in [1.29, 1.82) is 0 Å². The van der Waals surface area contributed by atoms with Crippen LogP contribution in [0.15, 0.2) is 29.4 Å². The molecule has 10 heteroatoms. The summed E-state index contributed by atoms with van der Waals surface area (Å²) in [5.41, 5.74) is 0.0186. The van der Waals surface area contributed by atoms with Crippen molar-refractivity contribution in [3.63, 3.8) is 0 Å². The fraction of sp³-hybridized carbons (Fsp3) is 0.429. The maximum absolute atomic E-state index is 14.2. The zero-order valence-electron chi connectivity index (χ0n) is 13.2. The van der Waals surface area contributed by atoms with E-state index in [2.05, 4.69) is 20.4 Å². The van der Waals surface area contributed by atoms with Gasteiger partial charge in [-0.25, -0.2) is 22.2 Å². The third-order valence-corrected chi connectivity index (χ3v) is 5.71. The zero-order chi connectivity index (χ0) is 17.3. The van der Waals surface area contributed by atoms with Crippen LogP contribution in [0.2, 0.25) is 0 Å². The Morgan fingerprint density at radius 3 is 2.88 bits per heavy atom. The molecular formula is C14H18FN5O3S. The Kier molecular flexibility index (Phi) is 4.52. The van der Waals surface area contributed by atoms with Crippen LogP contribution >= 0.6 is 0 Å². The highest BCUT2D eigenvalue weighted by Gasteiger charge is 2.34. The predicted molar refractivity (Wildman–Crippen MR) is 83.7 cm³/mol. The summed E-state index contributed by atoms with van der Waals surface area (Å²) in [6.45, 7) is 2.42. The van der Waals surface area contributed by atoms with Crippen molar-refractivity contribution >= 4 is 10.0 Å². The molecule has 0 amide bonds. The number of hydrogen-bond acceptors (Lipinski definition) is 6. The number of sulfonamides is 1. The summed E-state index contributed by atoms with van der Waals surface area (Å²) >= 11 is 0. The molecule has 2 heterocycles. The molecule has 2 atom stereocenters. The Morgan fingerprint density at radius 2 is 2.21 bits per heavy atom. The molecule has 0 spiro atoms. The lowest BCUT2D eigenvalue weighted by atomic mass is 10.2. The molecule has 1 saturated heterocycles. The van der Waals surface area contributed by atoms with E-state index in [0.29, 0.717) is 13.1 Å².